The number of aromatic hydroxyl groups is 3. The maximum Gasteiger partial charge on any atom is 0.343 e. The lowest BCUT2D eigenvalue weighted by atomic mass is 10.1. The molecule has 0 aliphatic rings. The predicted molar refractivity (Wildman–Crippen MR) is 56.9 cm³/mol. The molecule has 0 aliphatic heterocycles. The zero-order valence-corrected chi connectivity index (χ0v) is 8.52. The van der Waals surface area contributed by atoms with E-state index in [2.05, 4.69) is 0 Å². The summed E-state index contributed by atoms with van der Waals surface area (Å²) in [6, 6.07) is 2.23. The molecule has 0 amide bonds. The van der Waals surface area contributed by atoms with E-state index in [-0.39, 0.29) is 33.8 Å². The lowest BCUT2D eigenvalue weighted by molar-refractivity contribution is 0.435. The fourth-order valence-corrected chi connectivity index (χ4v) is 1.63. The normalized spacial score (nSPS) is 10.8. The van der Waals surface area contributed by atoms with Gasteiger partial charge >= 0.3 is 5.63 Å². The number of benzene rings is 1. The monoisotopic (exact) mass is 222 g/mol. The van der Waals surface area contributed by atoms with Crippen molar-refractivity contribution >= 4 is 11.0 Å². The standard InChI is InChI=1S/C11H10O5/c1-2-6-10(14)9-7(13)3-5(12)4-8(9)16-11(6)15/h3-4,12-14H,2H2,1H3. The highest BCUT2D eigenvalue weighted by molar-refractivity contribution is 5.91. The van der Waals surface area contributed by atoms with Crippen LogP contribution in [0.15, 0.2) is 21.3 Å². The van der Waals surface area contributed by atoms with Gasteiger partial charge in [0.1, 0.15) is 28.2 Å². The maximum absolute atomic E-state index is 11.4. The van der Waals surface area contributed by atoms with Crippen LogP contribution < -0.4 is 5.63 Å². The molecule has 84 valence electrons. The summed E-state index contributed by atoms with van der Waals surface area (Å²) in [5, 5.41) is 28.6. The molecule has 0 bridgehead atoms. The highest BCUT2D eigenvalue weighted by atomic mass is 16.4. The Balaban J connectivity index is 2.99. The SMILES string of the molecule is CCc1c(O)c2c(O)cc(O)cc2oc1=O. The van der Waals surface area contributed by atoms with E-state index in [9.17, 15) is 20.1 Å². The quantitative estimate of drug-likeness (QED) is 0.635. The molecule has 1 heterocycles. The Morgan fingerprint density at radius 1 is 1.25 bits per heavy atom. The van der Waals surface area contributed by atoms with Crippen LogP contribution in [0, 0.1) is 0 Å². The van der Waals surface area contributed by atoms with Gasteiger partial charge in [0, 0.05) is 12.1 Å². The smallest absolute Gasteiger partial charge is 0.343 e. The van der Waals surface area contributed by atoms with E-state index in [1.54, 1.807) is 6.92 Å². The topological polar surface area (TPSA) is 90.9 Å². The molecular weight excluding hydrogens is 212 g/mol. The largest absolute Gasteiger partial charge is 0.508 e. The molecule has 0 atom stereocenters. The molecule has 3 N–H and O–H groups in total. The molecule has 2 aromatic rings. The van der Waals surface area contributed by atoms with Crippen LogP contribution in [0.1, 0.15) is 12.5 Å². The van der Waals surface area contributed by atoms with Gasteiger partial charge in [-0.1, -0.05) is 6.92 Å². The average molecular weight is 222 g/mol. The lowest BCUT2D eigenvalue weighted by Gasteiger charge is -2.06. The van der Waals surface area contributed by atoms with Crippen molar-refractivity contribution in [3.05, 3.63) is 28.1 Å². The molecule has 5 nitrogen and oxygen atoms in total. The van der Waals surface area contributed by atoms with E-state index in [1.165, 1.54) is 0 Å². The van der Waals surface area contributed by atoms with E-state index in [4.69, 9.17) is 4.42 Å². The second-order valence-corrected chi connectivity index (χ2v) is 3.41. The van der Waals surface area contributed by atoms with Gasteiger partial charge in [-0.3, -0.25) is 0 Å². The molecule has 0 fully saturated rings. The Labute approximate surface area is 90.2 Å². The van der Waals surface area contributed by atoms with Crippen molar-refractivity contribution in [3.63, 3.8) is 0 Å². The molecule has 0 saturated heterocycles. The van der Waals surface area contributed by atoms with Gasteiger partial charge in [0.25, 0.3) is 0 Å². The van der Waals surface area contributed by atoms with Crippen LogP contribution in [0.4, 0.5) is 0 Å². The molecule has 1 aromatic carbocycles. The third-order valence-electron chi connectivity index (χ3n) is 2.39. The second kappa shape index (κ2) is 3.44. The second-order valence-electron chi connectivity index (χ2n) is 3.41. The molecule has 0 aliphatic carbocycles. The lowest BCUT2D eigenvalue weighted by Crippen LogP contribution is -2.06. The number of phenols is 2. The summed E-state index contributed by atoms with van der Waals surface area (Å²) >= 11 is 0. The summed E-state index contributed by atoms with van der Waals surface area (Å²) in [5.74, 6) is -0.867. The first-order valence-electron chi connectivity index (χ1n) is 4.75. The van der Waals surface area contributed by atoms with E-state index in [1.807, 2.05) is 0 Å². The third kappa shape index (κ3) is 1.37. The Bertz CT molecular complexity index is 612. The van der Waals surface area contributed by atoms with Crippen LogP contribution in [0.25, 0.3) is 11.0 Å². The van der Waals surface area contributed by atoms with E-state index in [0.717, 1.165) is 12.1 Å². The summed E-state index contributed by atoms with van der Waals surface area (Å²) in [6.45, 7) is 1.69. The molecule has 16 heavy (non-hydrogen) atoms. The summed E-state index contributed by atoms with van der Waals surface area (Å²) in [4.78, 5) is 11.4. The van der Waals surface area contributed by atoms with E-state index < -0.39 is 5.63 Å². The van der Waals surface area contributed by atoms with Gasteiger partial charge in [0.15, 0.2) is 0 Å². The molecule has 0 unspecified atom stereocenters. The van der Waals surface area contributed by atoms with Crippen LogP contribution in [0.2, 0.25) is 0 Å². The van der Waals surface area contributed by atoms with Crippen LogP contribution in [0.5, 0.6) is 17.2 Å². The fourth-order valence-electron chi connectivity index (χ4n) is 1.63. The molecule has 0 spiro atoms. The highest BCUT2D eigenvalue weighted by Crippen LogP contribution is 2.36. The number of hydrogen-bond acceptors (Lipinski definition) is 5. The van der Waals surface area contributed by atoms with Crippen molar-refractivity contribution in [1.29, 1.82) is 0 Å². The molecular formula is C11H10O5. The number of fused-ring (bicyclic) bond motifs is 1. The van der Waals surface area contributed by atoms with Gasteiger partial charge < -0.3 is 19.7 Å². The van der Waals surface area contributed by atoms with Gasteiger partial charge in [-0.15, -0.1) is 0 Å². The van der Waals surface area contributed by atoms with Gasteiger partial charge in [-0.05, 0) is 6.42 Å². The highest BCUT2D eigenvalue weighted by Gasteiger charge is 2.16. The summed E-state index contributed by atoms with van der Waals surface area (Å²) < 4.78 is 4.89. The van der Waals surface area contributed by atoms with Crippen molar-refractivity contribution in [1.82, 2.24) is 0 Å². The first-order chi connectivity index (χ1) is 7.54. The van der Waals surface area contributed by atoms with Crippen LogP contribution >= 0.6 is 0 Å². The van der Waals surface area contributed by atoms with Gasteiger partial charge in [0.2, 0.25) is 0 Å². The van der Waals surface area contributed by atoms with Crippen LogP contribution in [0.3, 0.4) is 0 Å². The van der Waals surface area contributed by atoms with E-state index in [0.29, 0.717) is 6.42 Å². The first kappa shape index (κ1) is 10.4. The summed E-state index contributed by atoms with van der Waals surface area (Å²) in [6.07, 6.45) is 0.296. The van der Waals surface area contributed by atoms with Crippen molar-refractivity contribution in [2.75, 3.05) is 0 Å². The number of hydrogen-bond donors (Lipinski definition) is 3. The van der Waals surface area contributed by atoms with Crippen molar-refractivity contribution < 1.29 is 19.7 Å². The van der Waals surface area contributed by atoms with Gasteiger partial charge in [-0.25, -0.2) is 4.79 Å². The molecule has 5 heteroatoms. The van der Waals surface area contributed by atoms with Gasteiger partial charge in [0.05, 0.1) is 5.56 Å². The van der Waals surface area contributed by atoms with Crippen LogP contribution in [-0.4, -0.2) is 15.3 Å². The summed E-state index contributed by atoms with van der Waals surface area (Å²) in [7, 11) is 0. The average Bonchev–Trinajstić information content (AvgIpc) is 2.15. The van der Waals surface area contributed by atoms with Crippen LogP contribution in [-0.2, 0) is 6.42 Å². The van der Waals surface area contributed by atoms with E-state index >= 15 is 0 Å². The fraction of sp³-hybridized carbons (Fsp3) is 0.182. The number of phenolic OH excluding ortho intramolecular Hbond substituents is 2. The Kier molecular flexibility index (Phi) is 2.23. The zero-order valence-electron chi connectivity index (χ0n) is 8.52. The Hall–Kier alpha value is -2.17. The minimum atomic E-state index is -0.669. The minimum absolute atomic E-state index is 0.0363. The third-order valence-corrected chi connectivity index (χ3v) is 2.39. The Morgan fingerprint density at radius 3 is 2.56 bits per heavy atom. The minimum Gasteiger partial charge on any atom is -0.508 e. The number of rotatable bonds is 1. The first-order valence-corrected chi connectivity index (χ1v) is 4.75. The van der Waals surface area contributed by atoms with Gasteiger partial charge in [-0.2, -0.15) is 0 Å². The zero-order chi connectivity index (χ0) is 11.9. The predicted octanol–water partition coefficient (Wildman–Crippen LogP) is 1.47. The molecule has 0 saturated carbocycles. The summed E-state index contributed by atoms with van der Waals surface area (Å²) in [5.41, 5.74) is -0.608. The Morgan fingerprint density at radius 2 is 1.94 bits per heavy atom. The molecule has 2 rings (SSSR count). The van der Waals surface area contributed by atoms with Crippen molar-refractivity contribution in [3.8, 4) is 17.2 Å². The van der Waals surface area contributed by atoms with Crippen molar-refractivity contribution in [2.45, 2.75) is 13.3 Å². The van der Waals surface area contributed by atoms with Crippen molar-refractivity contribution in [2.24, 2.45) is 0 Å². The maximum atomic E-state index is 11.4. The molecule has 0 radical (unpaired) electrons. The molecule has 1 aromatic heterocycles.